The second-order valence-electron chi connectivity index (χ2n) is 6.97. The molecule has 1 rings (SSSR count). The van der Waals surface area contributed by atoms with E-state index in [1.807, 2.05) is 6.92 Å². The summed E-state index contributed by atoms with van der Waals surface area (Å²) in [4.78, 5) is 11.7. The number of hydrogen-bond acceptors (Lipinski definition) is 5. The van der Waals surface area contributed by atoms with Crippen molar-refractivity contribution >= 4 is 16.2 Å². The zero-order chi connectivity index (χ0) is 19.3. The molecule has 0 radical (unpaired) electrons. The van der Waals surface area contributed by atoms with Crippen LogP contribution in [0.3, 0.4) is 0 Å². The van der Waals surface area contributed by atoms with E-state index >= 15 is 0 Å². The number of aryl methyl sites for hydroxylation is 1. The standard InChI is InChI=1S/C17H26FNO5S/c1-12(19-16(20)24-17(2,3)4)6-7-13-8-9-15(18)10-14(13)11-23-25(5,21)22/h8-10,12H,6-7,11H2,1-5H3,(H,19,20). The maximum atomic E-state index is 13.4. The molecule has 0 heterocycles. The summed E-state index contributed by atoms with van der Waals surface area (Å²) < 4.78 is 45.6. The molecule has 8 heteroatoms. The van der Waals surface area contributed by atoms with E-state index in [-0.39, 0.29) is 12.6 Å². The molecule has 1 aromatic rings. The van der Waals surface area contributed by atoms with Crippen LogP contribution in [0.1, 0.15) is 45.2 Å². The van der Waals surface area contributed by atoms with Crippen LogP contribution >= 0.6 is 0 Å². The molecule has 0 saturated carbocycles. The molecule has 0 aliphatic heterocycles. The molecule has 142 valence electrons. The van der Waals surface area contributed by atoms with Crippen molar-refractivity contribution in [1.29, 1.82) is 0 Å². The first-order valence-corrected chi connectivity index (χ1v) is 9.78. The first kappa shape index (κ1) is 21.4. The Morgan fingerprint density at radius 2 is 1.92 bits per heavy atom. The van der Waals surface area contributed by atoms with E-state index in [1.54, 1.807) is 26.8 Å². The highest BCUT2D eigenvalue weighted by Crippen LogP contribution is 2.16. The number of hydrogen-bond donors (Lipinski definition) is 1. The largest absolute Gasteiger partial charge is 0.444 e. The van der Waals surface area contributed by atoms with E-state index < -0.39 is 27.6 Å². The van der Waals surface area contributed by atoms with Gasteiger partial charge in [-0.3, -0.25) is 4.18 Å². The van der Waals surface area contributed by atoms with Gasteiger partial charge in [0.15, 0.2) is 0 Å². The third kappa shape index (κ3) is 9.40. The summed E-state index contributed by atoms with van der Waals surface area (Å²) in [5.74, 6) is -0.462. The Labute approximate surface area is 148 Å². The Bertz CT molecular complexity index is 697. The third-order valence-corrected chi connectivity index (χ3v) is 3.75. The molecule has 0 saturated heterocycles. The molecule has 0 aromatic heterocycles. The van der Waals surface area contributed by atoms with Crippen LogP contribution in [0, 0.1) is 5.82 Å². The molecule has 0 spiro atoms. The Balaban J connectivity index is 2.65. The average Bonchev–Trinajstić information content (AvgIpc) is 2.41. The van der Waals surface area contributed by atoms with Crippen LogP contribution in [0.4, 0.5) is 9.18 Å². The number of alkyl carbamates (subject to hydrolysis) is 1. The highest BCUT2D eigenvalue weighted by atomic mass is 32.2. The van der Waals surface area contributed by atoms with Crippen LogP contribution in [0.2, 0.25) is 0 Å². The summed E-state index contributed by atoms with van der Waals surface area (Å²) in [7, 11) is -3.61. The number of halogens is 1. The molecule has 1 unspecified atom stereocenters. The fraction of sp³-hybridized carbons (Fsp3) is 0.588. The molecular formula is C17H26FNO5S. The van der Waals surface area contributed by atoms with Gasteiger partial charge in [0.25, 0.3) is 10.1 Å². The monoisotopic (exact) mass is 375 g/mol. The van der Waals surface area contributed by atoms with Gasteiger partial charge in [-0.15, -0.1) is 0 Å². The smallest absolute Gasteiger partial charge is 0.407 e. The number of nitrogens with one attached hydrogen (secondary N) is 1. The van der Waals surface area contributed by atoms with Crippen molar-refractivity contribution in [2.45, 2.75) is 58.8 Å². The summed E-state index contributed by atoms with van der Waals surface area (Å²) in [5.41, 5.74) is 0.662. The van der Waals surface area contributed by atoms with E-state index in [0.29, 0.717) is 18.4 Å². The SMILES string of the molecule is CC(CCc1ccc(F)cc1COS(C)(=O)=O)NC(=O)OC(C)(C)C. The van der Waals surface area contributed by atoms with Gasteiger partial charge in [-0.1, -0.05) is 6.07 Å². The van der Waals surface area contributed by atoms with Gasteiger partial charge in [0.1, 0.15) is 11.4 Å². The summed E-state index contributed by atoms with van der Waals surface area (Å²) in [6.45, 7) is 6.96. The van der Waals surface area contributed by atoms with E-state index in [9.17, 15) is 17.6 Å². The Morgan fingerprint density at radius 3 is 2.48 bits per heavy atom. The van der Waals surface area contributed by atoms with Crippen LogP contribution in [-0.2, 0) is 32.1 Å². The highest BCUT2D eigenvalue weighted by Gasteiger charge is 2.18. The number of amides is 1. The molecule has 1 N–H and O–H groups in total. The van der Waals surface area contributed by atoms with Gasteiger partial charge in [-0.2, -0.15) is 8.42 Å². The van der Waals surface area contributed by atoms with Crippen LogP contribution in [0.5, 0.6) is 0 Å². The minimum absolute atomic E-state index is 0.163. The zero-order valence-electron chi connectivity index (χ0n) is 15.3. The number of rotatable bonds is 7. The fourth-order valence-corrected chi connectivity index (χ4v) is 2.44. The molecule has 0 fully saturated rings. The summed E-state index contributed by atoms with van der Waals surface area (Å²) >= 11 is 0. The molecule has 0 aliphatic rings. The molecule has 25 heavy (non-hydrogen) atoms. The maximum absolute atomic E-state index is 13.4. The maximum Gasteiger partial charge on any atom is 0.407 e. The first-order valence-electron chi connectivity index (χ1n) is 7.97. The van der Waals surface area contributed by atoms with E-state index in [1.165, 1.54) is 12.1 Å². The van der Waals surface area contributed by atoms with Crippen LogP contribution in [0.25, 0.3) is 0 Å². The summed E-state index contributed by atoms with van der Waals surface area (Å²) in [5, 5.41) is 2.73. The minimum Gasteiger partial charge on any atom is -0.444 e. The van der Waals surface area contributed by atoms with E-state index in [0.717, 1.165) is 11.8 Å². The van der Waals surface area contributed by atoms with E-state index in [2.05, 4.69) is 5.32 Å². The minimum atomic E-state index is -3.61. The molecule has 0 aliphatic carbocycles. The van der Waals surface area contributed by atoms with Gasteiger partial charge in [-0.05, 0) is 63.8 Å². The quantitative estimate of drug-likeness (QED) is 0.741. The number of benzene rings is 1. The molecule has 1 aromatic carbocycles. The van der Waals surface area contributed by atoms with Gasteiger partial charge in [0.05, 0.1) is 12.9 Å². The number of carbonyl (C=O) groups excluding carboxylic acids is 1. The second kappa shape index (κ2) is 8.62. The topological polar surface area (TPSA) is 81.7 Å². The number of carbonyl (C=O) groups is 1. The summed E-state index contributed by atoms with van der Waals surface area (Å²) in [6.07, 6.45) is 1.55. The molecule has 6 nitrogen and oxygen atoms in total. The van der Waals surface area contributed by atoms with E-state index in [4.69, 9.17) is 8.92 Å². The van der Waals surface area contributed by atoms with Crippen LogP contribution in [0.15, 0.2) is 18.2 Å². The van der Waals surface area contributed by atoms with Gasteiger partial charge in [0.2, 0.25) is 0 Å². The predicted octanol–water partition coefficient (Wildman–Crippen LogP) is 3.15. The predicted molar refractivity (Wildman–Crippen MR) is 93.2 cm³/mol. The zero-order valence-corrected chi connectivity index (χ0v) is 16.1. The van der Waals surface area contributed by atoms with Crippen LogP contribution in [-0.4, -0.2) is 32.4 Å². The van der Waals surface area contributed by atoms with Crippen LogP contribution < -0.4 is 5.32 Å². The number of ether oxygens (including phenoxy) is 1. The molecule has 1 amide bonds. The molecule has 0 bridgehead atoms. The Kier molecular flexibility index (Phi) is 7.37. The Morgan fingerprint density at radius 1 is 1.28 bits per heavy atom. The normalized spacial score (nSPS) is 13.4. The Hall–Kier alpha value is -1.67. The lowest BCUT2D eigenvalue weighted by Gasteiger charge is -2.22. The third-order valence-electron chi connectivity index (χ3n) is 3.21. The first-order chi connectivity index (χ1) is 11.4. The molecule has 1 atom stereocenters. The second-order valence-corrected chi connectivity index (χ2v) is 8.61. The molecular weight excluding hydrogens is 349 g/mol. The van der Waals surface area contributed by atoms with Crippen molar-refractivity contribution in [2.24, 2.45) is 0 Å². The summed E-state index contributed by atoms with van der Waals surface area (Å²) in [6, 6.07) is 4.00. The van der Waals surface area contributed by atoms with Gasteiger partial charge >= 0.3 is 6.09 Å². The van der Waals surface area contributed by atoms with Crippen molar-refractivity contribution in [2.75, 3.05) is 6.26 Å². The van der Waals surface area contributed by atoms with Gasteiger partial charge in [-0.25, -0.2) is 9.18 Å². The van der Waals surface area contributed by atoms with Crippen molar-refractivity contribution < 1.29 is 26.5 Å². The van der Waals surface area contributed by atoms with Gasteiger partial charge < -0.3 is 10.1 Å². The van der Waals surface area contributed by atoms with Crippen molar-refractivity contribution in [3.05, 3.63) is 35.1 Å². The fourth-order valence-electron chi connectivity index (χ4n) is 2.10. The average molecular weight is 375 g/mol. The van der Waals surface area contributed by atoms with Gasteiger partial charge in [0, 0.05) is 6.04 Å². The highest BCUT2D eigenvalue weighted by molar-refractivity contribution is 7.85. The lowest BCUT2D eigenvalue weighted by Crippen LogP contribution is -2.37. The lowest BCUT2D eigenvalue weighted by molar-refractivity contribution is 0.0506. The van der Waals surface area contributed by atoms with Crippen molar-refractivity contribution in [3.8, 4) is 0 Å². The van der Waals surface area contributed by atoms with Crippen molar-refractivity contribution in [1.82, 2.24) is 5.32 Å². The lowest BCUT2D eigenvalue weighted by atomic mass is 10.0. The van der Waals surface area contributed by atoms with Crippen molar-refractivity contribution in [3.63, 3.8) is 0 Å².